The Kier molecular flexibility index (Phi) is 2.50. The monoisotopic (exact) mass is 164 g/mol. The fraction of sp³-hybridized carbons (Fsp3) is 0.400. The topological polar surface area (TPSA) is 0 Å². The highest BCUT2D eigenvalue weighted by Crippen LogP contribution is 2.14. The van der Waals surface area contributed by atoms with E-state index in [2.05, 4.69) is 49.6 Å². The first-order valence-electron chi connectivity index (χ1n) is 4.13. The van der Waals surface area contributed by atoms with Gasteiger partial charge in [0.05, 0.1) is 8.07 Å². The van der Waals surface area contributed by atoms with Gasteiger partial charge >= 0.3 is 0 Å². The Morgan fingerprint density at radius 1 is 1.27 bits per heavy atom. The maximum absolute atomic E-state index is 2.47. The molecule has 0 aromatic rings. The lowest BCUT2D eigenvalue weighted by atomic mass is 10.1. The van der Waals surface area contributed by atoms with Gasteiger partial charge in [0, 0.05) is 0 Å². The molecule has 1 heteroatoms. The first kappa shape index (κ1) is 8.53. The van der Waals surface area contributed by atoms with Crippen LogP contribution in [0.4, 0.5) is 0 Å². The molecule has 0 atom stereocenters. The van der Waals surface area contributed by atoms with Crippen LogP contribution in [0.2, 0.25) is 19.6 Å². The summed E-state index contributed by atoms with van der Waals surface area (Å²) in [6.45, 7) is 7.10. The third-order valence-corrected chi connectivity index (χ3v) is 2.77. The number of hydrogen-bond donors (Lipinski definition) is 0. The van der Waals surface area contributed by atoms with Gasteiger partial charge in [-0.2, -0.15) is 0 Å². The molecule has 1 aliphatic rings. The van der Waals surface area contributed by atoms with E-state index in [1.54, 1.807) is 0 Å². The van der Waals surface area contributed by atoms with Crippen LogP contribution in [0.1, 0.15) is 6.42 Å². The van der Waals surface area contributed by atoms with Crippen LogP contribution in [-0.2, 0) is 0 Å². The Bertz CT molecular complexity index is 214. The van der Waals surface area contributed by atoms with Crippen LogP contribution in [-0.4, -0.2) is 8.07 Å². The summed E-state index contributed by atoms with van der Waals surface area (Å²) in [6, 6.07) is 0. The Labute approximate surface area is 70.3 Å². The van der Waals surface area contributed by atoms with E-state index in [9.17, 15) is 0 Å². The molecule has 0 N–H and O–H groups in total. The molecule has 0 heterocycles. The van der Waals surface area contributed by atoms with Gasteiger partial charge in [-0.25, -0.2) is 0 Å². The summed E-state index contributed by atoms with van der Waals surface area (Å²) in [5, 5.41) is 0. The lowest BCUT2D eigenvalue weighted by Crippen LogP contribution is -2.16. The van der Waals surface area contributed by atoms with E-state index in [0.717, 1.165) is 6.42 Å². The summed E-state index contributed by atoms with van der Waals surface area (Å²) in [7, 11) is -0.992. The van der Waals surface area contributed by atoms with Crippen molar-refractivity contribution in [1.82, 2.24) is 0 Å². The zero-order chi connectivity index (χ0) is 8.32. The van der Waals surface area contributed by atoms with Gasteiger partial charge in [0.1, 0.15) is 0 Å². The largest absolute Gasteiger partial charge is 0.0916 e. The normalized spacial score (nSPS) is 21.2. The SMILES string of the molecule is C[Si](C)(C)C=C1C=CC=CC1. The summed E-state index contributed by atoms with van der Waals surface area (Å²) >= 11 is 0. The summed E-state index contributed by atoms with van der Waals surface area (Å²) < 4.78 is 0. The van der Waals surface area contributed by atoms with Crippen molar-refractivity contribution >= 4 is 8.07 Å². The second-order valence-electron chi connectivity index (χ2n) is 4.08. The molecule has 1 rings (SSSR count). The molecule has 0 amide bonds. The summed E-state index contributed by atoms with van der Waals surface area (Å²) in [4.78, 5) is 0. The van der Waals surface area contributed by atoms with Crippen molar-refractivity contribution in [2.24, 2.45) is 0 Å². The van der Waals surface area contributed by atoms with Crippen LogP contribution in [0, 0.1) is 0 Å². The van der Waals surface area contributed by atoms with E-state index in [1.807, 2.05) is 0 Å². The van der Waals surface area contributed by atoms with Crippen molar-refractivity contribution in [2.75, 3.05) is 0 Å². The molecule has 0 fully saturated rings. The van der Waals surface area contributed by atoms with Crippen molar-refractivity contribution in [2.45, 2.75) is 26.1 Å². The van der Waals surface area contributed by atoms with Crippen molar-refractivity contribution in [3.05, 3.63) is 35.6 Å². The van der Waals surface area contributed by atoms with Crippen LogP contribution < -0.4 is 0 Å². The smallest absolute Gasteiger partial charge is 0.0690 e. The summed E-state index contributed by atoms with van der Waals surface area (Å²) in [6.07, 6.45) is 9.79. The minimum absolute atomic E-state index is 0.992. The molecule has 0 saturated heterocycles. The van der Waals surface area contributed by atoms with Gasteiger partial charge in [-0.3, -0.25) is 0 Å². The van der Waals surface area contributed by atoms with E-state index < -0.39 is 8.07 Å². The van der Waals surface area contributed by atoms with E-state index in [4.69, 9.17) is 0 Å². The van der Waals surface area contributed by atoms with Crippen LogP contribution in [0.25, 0.3) is 0 Å². The van der Waals surface area contributed by atoms with Crippen LogP contribution in [0.3, 0.4) is 0 Å². The van der Waals surface area contributed by atoms with Gasteiger partial charge in [-0.1, -0.05) is 55.2 Å². The van der Waals surface area contributed by atoms with E-state index >= 15 is 0 Å². The fourth-order valence-corrected chi connectivity index (χ4v) is 2.52. The molecule has 60 valence electrons. The molecular weight excluding hydrogens is 148 g/mol. The number of rotatable bonds is 1. The van der Waals surface area contributed by atoms with Crippen molar-refractivity contribution in [3.63, 3.8) is 0 Å². The highest BCUT2D eigenvalue weighted by molar-refractivity contribution is 6.81. The van der Waals surface area contributed by atoms with Gasteiger partial charge in [0.25, 0.3) is 0 Å². The maximum atomic E-state index is 2.47. The average Bonchev–Trinajstić information content (AvgIpc) is 1.85. The highest BCUT2D eigenvalue weighted by atomic mass is 28.3. The molecule has 0 radical (unpaired) electrons. The molecule has 0 aromatic heterocycles. The highest BCUT2D eigenvalue weighted by Gasteiger charge is 2.09. The summed E-state index contributed by atoms with van der Waals surface area (Å²) in [5.41, 5.74) is 3.96. The molecule has 0 saturated carbocycles. The fourth-order valence-electron chi connectivity index (χ4n) is 1.19. The minimum Gasteiger partial charge on any atom is -0.0916 e. The first-order valence-corrected chi connectivity index (χ1v) is 7.71. The van der Waals surface area contributed by atoms with Gasteiger partial charge in [-0.15, -0.1) is 0 Å². The third-order valence-electron chi connectivity index (χ3n) is 1.53. The van der Waals surface area contributed by atoms with Gasteiger partial charge in [0.15, 0.2) is 0 Å². The Morgan fingerprint density at radius 2 is 2.00 bits per heavy atom. The van der Waals surface area contributed by atoms with Gasteiger partial charge in [-0.05, 0) is 6.42 Å². The average molecular weight is 164 g/mol. The number of allylic oxidation sites excluding steroid dienone is 5. The molecule has 0 spiro atoms. The molecular formula is C10H16Si. The molecule has 1 aliphatic carbocycles. The Balaban J connectivity index is 2.69. The van der Waals surface area contributed by atoms with Crippen molar-refractivity contribution in [1.29, 1.82) is 0 Å². The van der Waals surface area contributed by atoms with Crippen molar-refractivity contribution < 1.29 is 0 Å². The van der Waals surface area contributed by atoms with Crippen LogP contribution in [0.15, 0.2) is 35.6 Å². The number of hydrogen-bond acceptors (Lipinski definition) is 0. The van der Waals surface area contributed by atoms with E-state index in [1.165, 1.54) is 5.57 Å². The minimum atomic E-state index is -0.992. The lowest BCUT2D eigenvalue weighted by molar-refractivity contribution is 1.27. The lowest BCUT2D eigenvalue weighted by Gasteiger charge is -2.12. The summed E-state index contributed by atoms with van der Waals surface area (Å²) in [5.74, 6) is 0. The molecule has 0 aromatic carbocycles. The van der Waals surface area contributed by atoms with Gasteiger partial charge in [0.2, 0.25) is 0 Å². The van der Waals surface area contributed by atoms with Crippen LogP contribution >= 0.6 is 0 Å². The quantitative estimate of drug-likeness (QED) is 0.522. The predicted molar refractivity (Wildman–Crippen MR) is 54.3 cm³/mol. The van der Waals surface area contributed by atoms with Crippen LogP contribution in [0.5, 0.6) is 0 Å². The molecule has 0 nitrogen and oxygen atoms in total. The molecule has 0 aliphatic heterocycles. The Hall–Kier alpha value is -0.563. The standard InChI is InChI=1S/C10H16Si/c1-11(2,3)9-10-7-5-4-6-8-10/h4-7,9H,8H2,1-3H3. The Morgan fingerprint density at radius 3 is 2.45 bits per heavy atom. The van der Waals surface area contributed by atoms with E-state index in [0.29, 0.717) is 0 Å². The second-order valence-corrected chi connectivity index (χ2v) is 9.10. The molecule has 11 heavy (non-hydrogen) atoms. The predicted octanol–water partition coefficient (Wildman–Crippen LogP) is 3.31. The second kappa shape index (κ2) is 3.22. The first-order chi connectivity index (χ1) is 5.08. The third kappa shape index (κ3) is 3.37. The maximum Gasteiger partial charge on any atom is 0.0690 e. The van der Waals surface area contributed by atoms with Crippen molar-refractivity contribution in [3.8, 4) is 0 Å². The zero-order valence-corrected chi connectivity index (χ0v) is 8.59. The molecule has 0 unspecified atom stereocenters. The van der Waals surface area contributed by atoms with E-state index in [-0.39, 0.29) is 0 Å². The molecule has 0 bridgehead atoms. The van der Waals surface area contributed by atoms with Gasteiger partial charge < -0.3 is 0 Å². The zero-order valence-electron chi connectivity index (χ0n) is 7.59.